The summed E-state index contributed by atoms with van der Waals surface area (Å²) in [7, 11) is 1.41. The molecule has 3 aromatic carbocycles. The number of hydrogen-bond acceptors (Lipinski definition) is 6. The average molecular weight is 535 g/mol. The highest BCUT2D eigenvalue weighted by Gasteiger charge is 2.28. The van der Waals surface area contributed by atoms with Crippen LogP contribution in [-0.2, 0) is 17.6 Å². The molecule has 0 aliphatic heterocycles. The molecule has 0 bridgehead atoms. The molecule has 0 unspecified atom stereocenters. The summed E-state index contributed by atoms with van der Waals surface area (Å²) < 4.78 is 10.6. The Morgan fingerprint density at radius 3 is 2.03 bits per heavy atom. The molecule has 4 N–H and O–H groups in total. The lowest BCUT2D eigenvalue weighted by Gasteiger charge is -2.29. The first kappa shape index (κ1) is 29.5. The average Bonchev–Trinajstić information content (AvgIpc) is 2.88. The number of aromatic hydroxyl groups is 1. The molecule has 0 saturated carbocycles. The predicted octanol–water partition coefficient (Wildman–Crippen LogP) is 4.63. The molecule has 0 radical (unpaired) electrons. The molecule has 0 spiro atoms. The van der Waals surface area contributed by atoms with Gasteiger partial charge in [0.2, 0.25) is 0 Å². The van der Waals surface area contributed by atoms with Gasteiger partial charge in [-0.25, -0.2) is 4.79 Å². The van der Waals surface area contributed by atoms with Crippen molar-refractivity contribution < 1.29 is 29.3 Å². The fourth-order valence-electron chi connectivity index (χ4n) is 4.24. The van der Waals surface area contributed by atoms with Crippen molar-refractivity contribution in [1.29, 1.82) is 0 Å². The van der Waals surface area contributed by atoms with Crippen LogP contribution in [0.3, 0.4) is 0 Å². The summed E-state index contributed by atoms with van der Waals surface area (Å²) in [5.41, 5.74) is 1.53. The van der Waals surface area contributed by atoms with Crippen LogP contribution in [0, 0.1) is 0 Å². The van der Waals surface area contributed by atoms with Gasteiger partial charge in [-0.2, -0.15) is 0 Å². The van der Waals surface area contributed by atoms with Crippen molar-refractivity contribution in [2.45, 2.75) is 63.8 Å². The van der Waals surface area contributed by atoms with Gasteiger partial charge in [0.05, 0.1) is 19.3 Å². The maximum atomic E-state index is 13.2. The Morgan fingerprint density at radius 1 is 0.872 bits per heavy atom. The van der Waals surface area contributed by atoms with Gasteiger partial charge in [-0.3, -0.25) is 4.79 Å². The summed E-state index contributed by atoms with van der Waals surface area (Å²) in [6, 6.07) is 22.4. The van der Waals surface area contributed by atoms with Crippen LogP contribution in [0.5, 0.6) is 11.5 Å². The van der Waals surface area contributed by atoms with Crippen LogP contribution < -0.4 is 15.4 Å². The zero-order chi connectivity index (χ0) is 28.4. The van der Waals surface area contributed by atoms with E-state index in [-0.39, 0.29) is 23.5 Å². The van der Waals surface area contributed by atoms with Gasteiger partial charge >= 0.3 is 6.09 Å². The number of amides is 2. The monoisotopic (exact) mass is 534 g/mol. The molecule has 3 rings (SSSR count). The van der Waals surface area contributed by atoms with E-state index in [1.54, 1.807) is 20.8 Å². The molecular weight excluding hydrogens is 496 g/mol. The lowest BCUT2D eigenvalue weighted by molar-refractivity contribution is 0.0463. The number of alkyl carbamates (subject to hydrolysis) is 1. The Kier molecular flexibility index (Phi) is 10.3. The van der Waals surface area contributed by atoms with Crippen molar-refractivity contribution in [1.82, 2.24) is 10.6 Å². The highest BCUT2D eigenvalue weighted by Crippen LogP contribution is 2.26. The number of ether oxygens (including phenoxy) is 2. The lowest BCUT2D eigenvalue weighted by Crippen LogP contribution is -2.49. The van der Waals surface area contributed by atoms with Gasteiger partial charge in [-0.05, 0) is 69.4 Å². The quantitative estimate of drug-likeness (QED) is 0.285. The Balaban J connectivity index is 1.82. The van der Waals surface area contributed by atoms with Crippen LogP contribution in [0.2, 0.25) is 0 Å². The Morgan fingerprint density at radius 2 is 1.46 bits per heavy atom. The van der Waals surface area contributed by atoms with E-state index in [0.29, 0.717) is 12.8 Å². The lowest BCUT2D eigenvalue weighted by atomic mass is 9.93. The minimum Gasteiger partial charge on any atom is -0.504 e. The van der Waals surface area contributed by atoms with E-state index < -0.39 is 35.8 Å². The van der Waals surface area contributed by atoms with Gasteiger partial charge < -0.3 is 30.3 Å². The maximum absolute atomic E-state index is 13.2. The molecule has 3 aromatic rings. The fraction of sp³-hybridized carbons (Fsp3) is 0.355. The number of methoxy groups -OCH3 is 1. The molecule has 0 aromatic heterocycles. The van der Waals surface area contributed by atoms with Crippen LogP contribution >= 0.6 is 0 Å². The molecule has 0 fully saturated rings. The van der Waals surface area contributed by atoms with E-state index in [1.807, 2.05) is 60.7 Å². The third kappa shape index (κ3) is 9.65. The summed E-state index contributed by atoms with van der Waals surface area (Å²) >= 11 is 0. The van der Waals surface area contributed by atoms with E-state index in [1.165, 1.54) is 25.3 Å². The number of carbonyl (C=O) groups excluding carboxylic acids is 2. The number of aliphatic hydroxyl groups is 1. The van der Waals surface area contributed by atoms with E-state index in [4.69, 9.17) is 9.47 Å². The Labute approximate surface area is 230 Å². The molecule has 39 heavy (non-hydrogen) atoms. The number of hydrogen-bond donors (Lipinski definition) is 4. The van der Waals surface area contributed by atoms with Gasteiger partial charge in [0.15, 0.2) is 11.5 Å². The summed E-state index contributed by atoms with van der Waals surface area (Å²) in [5.74, 6) is -0.327. The molecule has 2 amide bonds. The van der Waals surface area contributed by atoms with Gasteiger partial charge in [0, 0.05) is 11.6 Å². The second-order valence-electron chi connectivity index (χ2n) is 10.5. The van der Waals surface area contributed by atoms with Crippen molar-refractivity contribution in [2.75, 3.05) is 7.11 Å². The van der Waals surface area contributed by atoms with Crippen molar-refractivity contribution in [2.24, 2.45) is 0 Å². The van der Waals surface area contributed by atoms with Crippen molar-refractivity contribution in [3.8, 4) is 11.5 Å². The molecule has 0 aliphatic rings. The number of aliphatic hydroxyl groups excluding tert-OH is 1. The predicted molar refractivity (Wildman–Crippen MR) is 150 cm³/mol. The highest BCUT2D eigenvalue weighted by atomic mass is 16.6. The summed E-state index contributed by atoms with van der Waals surface area (Å²) in [6.07, 6.45) is -0.566. The zero-order valence-corrected chi connectivity index (χ0v) is 22.9. The van der Waals surface area contributed by atoms with Crippen LogP contribution in [0.25, 0.3) is 0 Å². The van der Waals surface area contributed by atoms with Crippen LogP contribution in [0.1, 0.15) is 48.7 Å². The smallest absolute Gasteiger partial charge is 0.407 e. The van der Waals surface area contributed by atoms with Gasteiger partial charge in [-0.1, -0.05) is 60.7 Å². The number of rotatable bonds is 11. The SMILES string of the molecule is COc1cc(C(=O)N[C@@H](Cc2ccccc2)[C@@H](O)C[C@H](Cc2ccccc2)NC(=O)OC(C)(C)C)ccc1O. The minimum absolute atomic E-state index is 0.0770. The van der Waals surface area contributed by atoms with Crippen LogP contribution in [-0.4, -0.2) is 53.1 Å². The second-order valence-corrected chi connectivity index (χ2v) is 10.5. The van der Waals surface area contributed by atoms with Crippen LogP contribution in [0.4, 0.5) is 4.79 Å². The van der Waals surface area contributed by atoms with E-state index in [9.17, 15) is 19.8 Å². The molecular formula is C31H38N2O6. The molecule has 0 aliphatic carbocycles. The molecule has 8 heteroatoms. The molecule has 208 valence electrons. The number of benzene rings is 3. The molecule has 0 heterocycles. The first-order valence-electron chi connectivity index (χ1n) is 13.0. The summed E-state index contributed by atoms with van der Waals surface area (Å²) in [6.45, 7) is 5.37. The van der Waals surface area contributed by atoms with E-state index in [0.717, 1.165) is 11.1 Å². The van der Waals surface area contributed by atoms with Crippen molar-refractivity contribution in [3.63, 3.8) is 0 Å². The largest absolute Gasteiger partial charge is 0.504 e. The third-order valence-electron chi connectivity index (χ3n) is 6.09. The fourth-order valence-corrected chi connectivity index (χ4v) is 4.24. The number of phenols is 1. The summed E-state index contributed by atoms with van der Waals surface area (Å²) in [5, 5.41) is 27.2. The second kappa shape index (κ2) is 13.7. The van der Waals surface area contributed by atoms with E-state index >= 15 is 0 Å². The third-order valence-corrected chi connectivity index (χ3v) is 6.09. The number of nitrogens with one attached hydrogen (secondary N) is 2. The Bertz CT molecular complexity index is 1210. The van der Waals surface area contributed by atoms with Gasteiger partial charge in [0.25, 0.3) is 5.91 Å². The minimum atomic E-state index is -1.00. The first-order chi connectivity index (χ1) is 18.5. The van der Waals surface area contributed by atoms with E-state index in [2.05, 4.69) is 10.6 Å². The molecule has 3 atom stereocenters. The normalized spacial score (nSPS) is 13.6. The number of phenolic OH excluding ortho intramolecular Hbond substituents is 1. The summed E-state index contributed by atoms with van der Waals surface area (Å²) in [4.78, 5) is 25.8. The molecule has 8 nitrogen and oxygen atoms in total. The van der Waals surface area contributed by atoms with Gasteiger partial charge in [0.1, 0.15) is 5.60 Å². The first-order valence-corrected chi connectivity index (χ1v) is 13.0. The number of carbonyl (C=O) groups is 2. The van der Waals surface area contributed by atoms with Crippen molar-refractivity contribution in [3.05, 3.63) is 95.6 Å². The Hall–Kier alpha value is -4.04. The van der Waals surface area contributed by atoms with Crippen molar-refractivity contribution >= 4 is 12.0 Å². The maximum Gasteiger partial charge on any atom is 0.407 e. The highest BCUT2D eigenvalue weighted by molar-refractivity contribution is 5.95. The topological polar surface area (TPSA) is 117 Å². The van der Waals surface area contributed by atoms with Gasteiger partial charge in [-0.15, -0.1) is 0 Å². The zero-order valence-electron chi connectivity index (χ0n) is 22.9. The van der Waals surface area contributed by atoms with Crippen LogP contribution in [0.15, 0.2) is 78.9 Å². The standard InChI is InChI=1S/C31H38N2O6/c1-31(2,3)39-30(37)32-24(17-21-11-7-5-8-12-21)20-27(35)25(18-22-13-9-6-10-14-22)33-29(36)23-15-16-26(34)28(19-23)38-4/h5-16,19,24-25,27,34-35H,17-18,20H2,1-4H3,(H,32,37)(H,33,36)/t24-,25-,27-/m0/s1. The molecule has 0 saturated heterocycles.